The molecule has 1 heterocycles. The molecule has 0 bridgehead atoms. The molecule has 3 nitrogen and oxygen atoms in total. The van der Waals surface area contributed by atoms with E-state index in [1.165, 1.54) is 24.2 Å². The second-order valence-electron chi connectivity index (χ2n) is 4.09. The Kier molecular flexibility index (Phi) is 3.31. The molecule has 1 atom stereocenters. The fraction of sp³-hybridized carbons (Fsp3) is 0.545. The molecule has 0 spiro atoms. The number of thiophene rings is 1. The van der Waals surface area contributed by atoms with Gasteiger partial charge >= 0.3 is 0 Å². The number of hydrogen-bond acceptors (Lipinski definition) is 5. The minimum atomic E-state index is 0.482. The van der Waals surface area contributed by atoms with Crippen LogP contribution in [-0.4, -0.2) is 12.3 Å². The largest absolute Gasteiger partial charge is 0.396 e. The maximum Gasteiger partial charge on any atom is 0.131 e. The lowest BCUT2D eigenvalue weighted by atomic mass is 10.2. The van der Waals surface area contributed by atoms with Crippen LogP contribution in [0.1, 0.15) is 24.6 Å². The van der Waals surface area contributed by atoms with E-state index in [2.05, 4.69) is 18.3 Å². The summed E-state index contributed by atoms with van der Waals surface area (Å²) in [6.45, 7) is 2.20. The molecule has 1 unspecified atom stereocenters. The Morgan fingerprint density at radius 2 is 2.31 bits per heavy atom. The van der Waals surface area contributed by atoms with Crippen LogP contribution in [0.15, 0.2) is 4.90 Å². The van der Waals surface area contributed by atoms with E-state index in [1.807, 2.05) is 6.26 Å². The van der Waals surface area contributed by atoms with Crippen molar-refractivity contribution in [3.05, 3.63) is 4.88 Å². The van der Waals surface area contributed by atoms with Crippen LogP contribution in [0.4, 0.5) is 10.7 Å². The van der Waals surface area contributed by atoms with E-state index < -0.39 is 0 Å². The number of thioether (sulfide) groups is 1. The van der Waals surface area contributed by atoms with Gasteiger partial charge in [-0.2, -0.15) is 5.26 Å². The van der Waals surface area contributed by atoms with Crippen molar-refractivity contribution in [2.45, 2.75) is 30.7 Å². The Bertz CT molecular complexity index is 429. The molecule has 2 rings (SSSR count). The highest BCUT2D eigenvalue weighted by Crippen LogP contribution is 2.43. The zero-order chi connectivity index (χ0) is 11.7. The SMILES string of the molecule is CSc1c(NC(C)C2CC2)sc(C#N)c1N. The van der Waals surface area contributed by atoms with Gasteiger partial charge < -0.3 is 11.1 Å². The minimum Gasteiger partial charge on any atom is -0.396 e. The molecule has 3 N–H and O–H groups in total. The first-order valence-corrected chi connectivity index (χ1v) is 7.34. The molecule has 1 aromatic heterocycles. The zero-order valence-corrected chi connectivity index (χ0v) is 11.0. The molecule has 1 fully saturated rings. The molecule has 0 aromatic carbocycles. The van der Waals surface area contributed by atoms with E-state index in [4.69, 9.17) is 11.0 Å². The van der Waals surface area contributed by atoms with Crippen LogP contribution in [-0.2, 0) is 0 Å². The predicted octanol–water partition coefficient (Wildman–Crippen LogP) is 3.13. The Hall–Kier alpha value is -0.860. The van der Waals surface area contributed by atoms with Crippen LogP contribution >= 0.6 is 23.1 Å². The first-order chi connectivity index (χ1) is 7.67. The number of rotatable bonds is 4. The quantitative estimate of drug-likeness (QED) is 0.809. The highest BCUT2D eigenvalue weighted by atomic mass is 32.2. The van der Waals surface area contributed by atoms with Crippen LogP contribution in [0.3, 0.4) is 0 Å². The van der Waals surface area contributed by atoms with Crippen molar-refractivity contribution >= 4 is 33.8 Å². The summed E-state index contributed by atoms with van der Waals surface area (Å²) in [6, 6.07) is 2.63. The first kappa shape index (κ1) is 11.6. The number of hydrogen-bond donors (Lipinski definition) is 2. The summed E-state index contributed by atoms with van der Waals surface area (Å²) in [6.07, 6.45) is 4.62. The summed E-state index contributed by atoms with van der Waals surface area (Å²) < 4.78 is 0. The highest BCUT2D eigenvalue weighted by Gasteiger charge is 2.29. The summed E-state index contributed by atoms with van der Waals surface area (Å²) in [7, 11) is 0. The number of nitrogens with one attached hydrogen (secondary N) is 1. The monoisotopic (exact) mass is 253 g/mol. The van der Waals surface area contributed by atoms with E-state index in [1.54, 1.807) is 11.8 Å². The molecular formula is C11H15N3S2. The number of nitrogen functional groups attached to an aromatic ring is 1. The summed E-state index contributed by atoms with van der Waals surface area (Å²) in [5.41, 5.74) is 6.55. The fourth-order valence-corrected chi connectivity index (χ4v) is 3.65. The first-order valence-electron chi connectivity index (χ1n) is 5.30. The van der Waals surface area contributed by atoms with Gasteiger partial charge in [-0.1, -0.05) is 0 Å². The lowest BCUT2D eigenvalue weighted by molar-refractivity contribution is 0.695. The van der Waals surface area contributed by atoms with Crippen molar-refractivity contribution in [2.75, 3.05) is 17.3 Å². The molecule has 0 radical (unpaired) electrons. The van der Waals surface area contributed by atoms with Crippen LogP contribution in [0.5, 0.6) is 0 Å². The zero-order valence-electron chi connectivity index (χ0n) is 9.41. The lowest BCUT2D eigenvalue weighted by Crippen LogP contribution is -2.16. The lowest BCUT2D eigenvalue weighted by Gasteiger charge is -2.13. The van der Waals surface area contributed by atoms with Gasteiger partial charge in [-0.05, 0) is 31.9 Å². The molecule has 0 aliphatic heterocycles. The topological polar surface area (TPSA) is 61.8 Å². The molecule has 0 amide bonds. The van der Waals surface area contributed by atoms with Gasteiger partial charge in [0.15, 0.2) is 0 Å². The standard InChI is InChI=1S/C11H15N3S2/c1-6(7-3-4-7)14-11-10(15-2)9(13)8(5-12)16-11/h6-7,14H,3-4,13H2,1-2H3. The summed E-state index contributed by atoms with van der Waals surface area (Å²) in [5, 5.41) is 13.5. The number of nitriles is 1. The predicted molar refractivity (Wildman–Crippen MR) is 71.0 cm³/mol. The van der Waals surface area contributed by atoms with E-state index in [-0.39, 0.29) is 0 Å². The average molecular weight is 253 g/mol. The molecule has 1 aromatic rings. The normalized spacial score (nSPS) is 16.8. The van der Waals surface area contributed by atoms with Crippen molar-refractivity contribution in [1.82, 2.24) is 0 Å². The smallest absolute Gasteiger partial charge is 0.131 e. The van der Waals surface area contributed by atoms with Crippen LogP contribution in [0.25, 0.3) is 0 Å². The van der Waals surface area contributed by atoms with Gasteiger partial charge in [0.1, 0.15) is 15.9 Å². The van der Waals surface area contributed by atoms with Crippen molar-refractivity contribution in [3.63, 3.8) is 0 Å². The molecule has 1 saturated carbocycles. The molecule has 86 valence electrons. The van der Waals surface area contributed by atoms with Gasteiger partial charge in [-0.25, -0.2) is 0 Å². The third-order valence-corrected chi connectivity index (χ3v) is 4.90. The maximum atomic E-state index is 8.95. The Morgan fingerprint density at radius 3 is 2.81 bits per heavy atom. The Morgan fingerprint density at radius 1 is 1.62 bits per heavy atom. The van der Waals surface area contributed by atoms with E-state index in [0.717, 1.165) is 15.8 Å². The molecule has 16 heavy (non-hydrogen) atoms. The number of anilines is 2. The van der Waals surface area contributed by atoms with Gasteiger partial charge in [-0.15, -0.1) is 23.1 Å². The second-order valence-corrected chi connectivity index (χ2v) is 5.93. The Balaban J connectivity index is 2.22. The van der Waals surface area contributed by atoms with Crippen molar-refractivity contribution < 1.29 is 0 Å². The average Bonchev–Trinajstić information content (AvgIpc) is 3.05. The van der Waals surface area contributed by atoms with Crippen LogP contribution < -0.4 is 11.1 Å². The molecule has 0 saturated heterocycles. The molecule has 5 heteroatoms. The number of nitrogens with zero attached hydrogens (tertiary/aromatic N) is 1. The third-order valence-electron chi connectivity index (χ3n) is 2.89. The molecular weight excluding hydrogens is 238 g/mol. The third kappa shape index (κ3) is 2.13. The minimum absolute atomic E-state index is 0.482. The van der Waals surface area contributed by atoms with E-state index >= 15 is 0 Å². The van der Waals surface area contributed by atoms with Gasteiger partial charge in [0, 0.05) is 6.04 Å². The van der Waals surface area contributed by atoms with Gasteiger partial charge in [-0.3, -0.25) is 0 Å². The van der Waals surface area contributed by atoms with Crippen molar-refractivity contribution in [3.8, 4) is 6.07 Å². The highest BCUT2D eigenvalue weighted by molar-refractivity contribution is 7.99. The second kappa shape index (κ2) is 4.56. The Labute approximate surface area is 104 Å². The summed E-state index contributed by atoms with van der Waals surface area (Å²) in [4.78, 5) is 1.64. The van der Waals surface area contributed by atoms with Crippen LogP contribution in [0, 0.1) is 17.2 Å². The number of nitrogens with two attached hydrogens (primary N) is 1. The molecule has 1 aliphatic carbocycles. The van der Waals surface area contributed by atoms with Gasteiger partial charge in [0.05, 0.1) is 10.6 Å². The maximum absolute atomic E-state index is 8.95. The van der Waals surface area contributed by atoms with Gasteiger partial charge in [0.2, 0.25) is 0 Å². The fourth-order valence-electron chi connectivity index (χ4n) is 1.73. The van der Waals surface area contributed by atoms with Crippen LogP contribution in [0.2, 0.25) is 0 Å². The van der Waals surface area contributed by atoms with E-state index in [0.29, 0.717) is 16.6 Å². The van der Waals surface area contributed by atoms with Crippen molar-refractivity contribution in [1.29, 1.82) is 5.26 Å². The van der Waals surface area contributed by atoms with Crippen molar-refractivity contribution in [2.24, 2.45) is 5.92 Å². The summed E-state index contributed by atoms with van der Waals surface area (Å²) in [5.74, 6) is 0.795. The van der Waals surface area contributed by atoms with Gasteiger partial charge in [0.25, 0.3) is 0 Å². The molecule has 1 aliphatic rings. The van der Waals surface area contributed by atoms with E-state index in [9.17, 15) is 0 Å². The summed E-state index contributed by atoms with van der Waals surface area (Å²) >= 11 is 3.07.